The molecular formula is C24H24N8O. The summed E-state index contributed by atoms with van der Waals surface area (Å²) in [5, 5.41) is 24.2. The number of hydrogen-bond acceptors (Lipinski definition) is 9. The summed E-state index contributed by atoms with van der Waals surface area (Å²) in [5.41, 5.74) is 3.69. The smallest absolute Gasteiger partial charge is 0.268 e. The van der Waals surface area contributed by atoms with Crippen molar-refractivity contribution in [3.8, 4) is 40.4 Å². The van der Waals surface area contributed by atoms with Crippen LogP contribution >= 0.6 is 0 Å². The van der Waals surface area contributed by atoms with E-state index in [2.05, 4.69) is 41.9 Å². The molecule has 4 rings (SSSR count). The van der Waals surface area contributed by atoms with Gasteiger partial charge in [0.1, 0.15) is 5.69 Å². The molecule has 2 N–H and O–H groups in total. The molecule has 0 aliphatic rings. The lowest BCUT2D eigenvalue weighted by atomic mass is 9.90. The van der Waals surface area contributed by atoms with Gasteiger partial charge in [0.15, 0.2) is 0 Å². The Morgan fingerprint density at radius 3 is 2.48 bits per heavy atom. The molecule has 0 amide bonds. The molecule has 0 spiro atoms. The number of benzene rings is 1. The van der Waals surface area contributed by atoms with Gasteiger partial charge in [0.2, 0.25) is 5.89 Å². The van der Waals surface area contributed by atoms with Gasteiger partial charge in [0, 0.05) is 36.1 Å². The highest BCUT2D eigenvalue weighted by Gasteiger charge is 2.22. The maximum atomic E-state index is 9.41. The maximum Gasteiger partial charge on any atom is 0.268 e. The van der Waals surface area contributed by atoms with Crippen LogP contribution in [0.5, 0.6) is 0 Å². The number of nitrogens with one attached hydrogen (secondary N) is 2. The van der Waals surface area contributed by atoms with Crippen LogP contribution in [0.25, 0.3) is 34.3 Å². The van der Waals surface area contributed by atoms with Crippen molar-refractivity contribution in [3.05, 3.63) is 60.7 Å². The van der Waals surface area contributed by atoms with E-state index in [-0.39, 0.29) is 5.89 Å². The lowest BCUT2D eigenvalue weighted by Gasteiger charge is -2.15. The second kappa shape index (κ2) is 9.54. The molecular weight excluding hydrogens is 416 g/mol. The van der Waals surface area contributed by atoms with E-state index in [1.165, 1.54) is 0 Å². The molecule has 4 aromatic rings. The Balaban J connectivity index is 1.56. The van der Waals surface area contributed by atoms with Gasteiger partial charge >= 0.3 is 0 Å². The van der Waals surface area contributed by atoms with Crippen LogP contribution in [0.4, 0.5) is 5.69 Å². The Hall–Kier alpha value is -4.16. The zero-order valence-corrected chi connectivity index (χ0v) is 18.7. The van der Waals surface area contributed by atoms with Crippen molar-refractivity contribution in [2.24, 2.45) is 0 Å². The molecule has 0 radical (unpaired) electrons. The third kappa shape index (κ3) is 5.02. The van der Waals surface area contributed by atoms with E-state index in [1.807, 2.05) is 57.3 Å². The van der Waals surface area contributed by atoms with Crippen LogP contribution in [-0.4, -0.2) is 45.3 Å². The summed E-state index contributed by atoms with van der Waals surface area (Å²) in [6.45, 7) is 5.37. The molecule has 0 fully saturated rings. The highest BCUT2D eigenvalue weighted by Crippen LogP contribution is 2.27. The predicted molar refractivity (Wildman–Crippen MR) is 125 cm³/mol. The van der Waals surface area contributed by atoms with Gasteiger partial charge in [-0.2, -0.15) is 5.26 Å². The monoisotopic (exact) mass is 440 g/mol. The Morgan fingerprint density at radius 2 is 1.73 bits per heavy atom. The van der Waals surface area contributed by atoms with Crippen molar-refractivity contribution in [1.82, 2.24) is 30.5 Å². The van der Waals surface area contributed by atoms with Gasteiger partial charge in [0.25, 0.3) is 5.89 Å². The number of rotatable bonds is 8. The van der Waals surface area contributed by atoms with Crippen molar-refractivity contribution >= 4 is 5.69 Å². The van der Waals surface area contributed by atoms with Gasteiger partial charge in [-0.1, -0.05) is 0 Å². The number of pyridine rings is 1. The van der Waals surface area contributed by atoms with E-state index >= 15 is 0 Å². The van der Waals surface area contributed by atoms with Crippen molar-refractivity contribution in [2.45, 2.75) is 19.3 Å². The van der Waals surface area contributed by atoms with E-state index < -0.39 is 5.41 Å². The number of hydrogen-bond donors (Lipinski definition) is 2. The van der Waals surface area contributed by atoms with Crippen LogP contribution in [0.3, 0.4) is 0 Å². The van der Waals surface area contributed by atoms with Crippen molar-refractivity contribution < 1.29 is 4.42 Å². The molecule has 33 heavy (non-hydrogen) atoms. The minimum atomic E-state index is -0.708. The maximum absolute atomic E-state index is 9.41. The molecule has 0 atom stereocenters. The average Bonchev–Trinajstić information content (AvgIpc) is 3.35. The second-order valence-electron chi connectivity index (χ2n) is 7.98. The number of nitrogens with zero attached hydrogens (tertiary/aromatic N) is 6. The normalized spacial score (nSPS) is 11.2. The van der Waals surface area contributed by atoms with Crippen LogP contribution in [0, 0.1) is 11.3 Å². The molecule has 0 aliphatic heterocycles. The van der Waals surface area contributed by atoms with Crippen LogP contribution in [-0.2, 0) is 5.41 Å². The quantitative estimate of drug-likeness (QED) is 0.394. The Labute approximate surface area is 192 Å². The minimum Gasteiger partial charge on any atom is -0.415 e. The van der Waals surface area contributed by atoms with Crippen molar-refractivity contribution in [1.29, 1.82) is 5.26 Å². The zero-order chi connectivity index (χ0) is 23.3. The summed E-state index contributed by atoms with van der Waals surface area (Å²) in [7, 11) is 1.92. The molecule has 9 nitrogen and oxygen atoms in total. The Bertz CT molecular complexity index is 1270. The number of aromatic nitrogens is 5. The van der Waals surface area contributed by atoms with Crippen LogP contribution in [0.1, 0.15) is 19.5 Å². The fraction of sp³-hybridized carbons (Fsp3) is 0.250. The third-order valence-corrected chi connectivity index (χ3v) is 5.09. The summed E-state index contributed by atoms with van der Waals surface area (Å²) < 4.78 is 5.87. The standard InChI is InChI=1S/C24H24N8O/c1-24(2,15-25)21-12-17(8-9-29-21)19-13-27-14-20(30-19)23-32-31-22(33-23)16-4-6-18(7-5-16)28-11-10-26-3/h4-9,12-14,26,28H,10-11H2,1-3H3. The molecule has 0 bridgehead atoms. The van der Waals surface area contributed by atoms with E-state index in [0.29, 0.717) is 23.0 Å². The summed E-state index contributed by atoms with van der Waals surface area (Å²) >= 11 is 0. The molecule has 0 saturated heterocycles. The van der Waals surface area contributed by atoms with Crippen LogP contribution < -0.4 is 10.6 Å². The highest BCUT2D eigenvalue weighted by atomic mass is 16.4. The largest absolute Gasteiger partial charge is 0.415 e. The summed E-state index contributed by atoms with van der Waals surface area (Å²) in [6.07, 6.45) is 4.90. The molecule has 166 valence electrons. The minimum absolute atomic E-state index is 0.280. The Kier molecular flexibility index (Phi) is 6.38. The molecule has 3 heterocycles. The van der Waals surface area contributed by atoms with Crippen LogP contribution in [0.2, 0.25) is 0 Å². The Morgan fingerprint density at radius 1 is 0.970 bits per heavy atom. The number of likely N-dealkylation sites (N-methyl/N-ethyl adjacent to an activating group) is 1. The first kappa shape index (κ1) is 22.0. The topological polar surface area (TPSA) is 125 Å². The average molecular weight is 441 g/mol. The first-order valence-electron chi connectivity index (χ1n) is 10.5. The number of nitriles is 1. The predicted octanol–water partition coefficient (Wildman–Crippen LogP) is 3.69. The van der Waals surface area contributed by atoms with Gasteiger partial charge in [-0.05, 0) is 57.3 Å². The first-order valence-corrected chi connectivity index (χ1v) is 10.5. The van der Waals surface area contributed by atoms with Gasteiger partial charge in [-0.25, -0.2) is 4.98 Å². The van der Waals surface area contributed by atoms with E-state index in [9.17, 15) is 5.26 Å². The van der Waals surface area contributed by atoms with Crippen LogP contribution in [0.15, 0.2) is 59.4 Å². The molecule has 0 unspecified atom stereocenters. The fourth-order valence-electron chi connectivity index (χ4n) is 3.10. The second-order valence-corrected chi connectivity index (χ2v) is 7.98. The zero-order valence-electron chi connectivity index (χ0n) is 18.7. The summed E-state index contributed by atoms with van der Waals surface area (Å²) in [6, 6.07) is 13.7. The molecule has 1 aromatic carbocycles. The highest BCUT2D eigenvalue weighted by molar-refractivity contribution is 5.63. The van der Waals surface area contributed by atoms with Gasteiger partial charge in [-0.3, -0.25) is 9.97 Å². The van der Waals surface area contributed by atoms with Crippen molar-refractivity contribution in [2.75, 3.05) is 25.5 Å². The SMILES string of the molecule is CNCCNc1ccc(-c2nnc(-c3cncc(-c4ccnc(C(C)(C)C#N)c4)n3)o2)cc1. The van der Waals surface area contributed by atoms with Gasteiger partial charge in [-0.15, -0.1) is 10.2 Å². The van der Waals surface area contributed by atoms with Gasteiger partial charge < -0.3 is 15.1 Å². The van der Waals surface area contributed by atoms with Crippen molar-refractivity contribution in [3.63, 3.8) is 0 Å². The van der Waals surface area contributed by atoms with Gasteiger partial charge in [0.05, 0.1) is 35.3 Å². The lowest BCUT2D eigenvalue weighted by Crippen LogP contribution is -2.17. The summed E-state index contributed by atoms with van der Waals surface area (Å²) in [4.78, 5) is 13.3. The molecule has 0 aliphatic carbocycles. The lowest BCUT2D eigenvalue weighted by molar-refractivity contribution is 0.582. The molecule has 9 heteroatoms. The first-order chi connectivity index (χ1) is 16.0. The van der Waals surface area contributed by atoms with E-state index in [1.54, 1.807) is 18.6 Å². The molecule has 0 saturated carbocycles. The number of anilines is 1. The fourth-order valence-corrected chi connectivity index (χ4v) is 3.10. The van der Waals surface area contributed by atoms with E-state index in [0.717, 1.165) is 29.9 Å². The molecule has 3 aromatic heterocycles. The van der Waals surface area contributed by atoms with E-state index in [4.69, 9.17) is 4.42 Å². The summed E-state index contributed by atoms with van der Waals surface area (Å²) in [5.74, 6) is 0.683. The third-order valence-electron chi connectivity index (χ3n) is 5.09.